The van der Waals surface area contributed by atoms with Gasteiger partial charge in [0.15, 0.2) is 5.78 Å². The first-order valence-electron chi connectivity index (χ1n) is 8.70. The Bertz CT molecular complexity index is 874. The summed E-state index contributed by atoms with van der Waals surface area (Å²) in [6.07, 6.45) is 10.1. The van der Waals surface area contributed by atoms with E-state index in [1.807, 2.05) is 18.2 Å². The fourth-order valence-electron chi connectivity index (χ4n) is 2.97. The normalized spacial score (nSPS) is 14.3. The topological polar surface area (TPSA) is 39.4 Å². The smallest absolute Gasteiger partial charge is 0.163 e. The maximum absolute atomic E-state index is 12.0. The van der Waals surface area contributed by atoms with Crippen LogP contribution in [0.3, 0.4) is 0 Å². The Kier molecular flexibility index (Phi) is 5.22. The maximum atomic E-state index is 12.0. The zero-order chi connectivity index (χ0) is 17.8. The number of allylic oxidation sites excluding steroid dienone is 4. The van der Waals surface area contributed by atoms with Crippen LogP contribution < -0.4 is 0 Å². The van der Waals surface area contributed by atoms with E-state index in [-0.39, 0.29) is 5.78 Å². The summed E-state index contributed by atoms with van der Waals surface area (Å²) in [5.41, 5.74) is 5.41. The molecule has 0 spiro atoms. The van der Waals surface area contributed by atoms with Gasteiger partial charge in [-0.3, -0.25) is 4.79 Å². The summed E-state index contributed by atoms with van der Waals surface area (Å²) in [5, 5.41) is 1.02. The quantitative estimate of drug-likeness (QED) is 0.644. The van der Waals surface area contributed by atoms with Gasteiger partial charge in [0.05, 0.1) is 6.26 Å². The number of hydrogen-bond donors (Lipinski definition) is 0. The Hall–Kier alpha value is -2.55. The first-order chi connectivity index (χ1) is 12.0. The minimum absolute atomic E-state index is 0.0673. The zero-order valence-electron chi connectivity index (χ0n) is 15.1. The molecule has 1 aliphatic rings. The molecule has 0 N–H and O–H groups in total. The molecule has 1 aromatic heterocycles. The number of benzene rings is 1. The summed E-state index contributed by atoms with van der Waals surface area (Å²) in [6.45, 7) is 6.82. The van der Waals surface area contributed by atoms with Gasteiger partial charge in [0.2, 0.25) is 0 Å². The van der Waals surface area contributed by atoms with Crippen LogP contribution >= 0.6 is 0 Å². The third-order valence-corrected chi connectivity index (χ3v) is 4.36. The molecule has 0 aliphatic heterocycles. The van der Waals surface area contributed by atoms with Crippen molar-refractivity contribution in [3.8, 4) is 0 Å². The fourth-order valence-corrected chi connectivity index (χ4v) is 2.97. The Balaban J connectivity index is 1.70. The summed E-state index contributed by atoms with van der Waals surface area (Å²) in [6, 6.07) is 5.91. The molecule has 0 amide bonds. The SMILES string of the molecule is CC(C)=CCC/C(C)=C/COC1=CC(=O)Cc2cc3occc3cc21. The van der Waals surface area contributed by atoms with E-state index in [2.05, 4.69) is 32.9 Å². The number of furan rings is 1. The highest BCUT2D eigenvalue weighted by Crippen LogP contribution is 2.30. The molecule has 1 aromatic carbocycles. The minimum Gasteiger partial charge on any atom is -0.489 e. The highest BCUT2D eigenvalue weighted by Gasteiger charge is 2.20. The lowest BCUT2D eigenvalue weighted by Crippen LogP contribution is -2.11. The summed E-state index contributed by atoms with van der Waals surface area (Å²) in [5.74, 6) is 0.723. The molecule has 25 heavy (non-hydrogen) atoms. The number of rotatable bonds is 6. The molecule has 0 saturated heterocycles. The second kappa shape index (κ2) is 7.56. The van der Waals surface area contributed by atoms with E-state index in [1.165, 1.54) is 11.1 Å². The van der Waals surface area contributed by atoms with Crippen LogP contribution in [-0.4, -0.2) is 12.4 Å². The van der Waals surface area contributed by atoms with Crippen LogP contribution in [0.2, 0.25) is 0 Å². The van der Waals surface area contributed by atoms with E-state index in [4.69, 9.17) is 9.15 Å². The Morgan fingerprint density at radius 2 is 2.08 bits per heavy atom. The van der Waals surface area contributed by atoms with E-state index in [9.17, 15) is 4.79 Å². The third kappa shape index (κ3) is 4.30. The van der Waals surface area contributed by atoms with Gasteiger partial charge in [-0.2, -0.15) is 0 Å². The second-order valence-electron chi connectivity index (χ2n) is 6.80. The van der Waals surface area contributed by atoms with Gasteiger partial charge in [0, 0.05) is 23.4 Å². The molecule has 3 rings (SSSR count). The molecule has 3 nitrogen and oxygen atoms in total. The van der Waals surface area contributed by atoms with Crippen LogP contribution in [0.4, 0.5) is 0 Å². The molecule has 0 unspecified atom stereocenters. The number of ketones is 1. The summed E-state index contributed by atoms with van der Waals surface area (Å²) < 4.78 is 11.4. The van der Waals surface area contributed by atoms with Gasteiger partial charge in [0.1, 0.15) is 17.9 Å². The van der Waals surface area contributed by atoms with Crippen LogP contribution in [-0.2, 0) is 16.0 Å². The Morgan fingerprint density at radius 3 is 2.88 bits per heavy atom. The molecular weight excluding hydrogens is 312 g/mol. The lowest BCUT2D eigenvalue weighted by Gasteiger charge is -2.17. The highest BCUT2D eigenvalue weighted by molar-refractivity contribution is 6.02. The van der Waals surface area contributed by atoms with Gasteiger partial charge in [-0.25, -0.2) is 0 Å². The molecule has 0 atom stereocenters. The van der Waals surface area contributed by atoms with E-state index in [0.717, 1.165) is 34.9 Å². The van der Waals surface area contributed by atoms with Gasteiger partial charge >= 0.3 is 0 Å². The van der Waals surface area contributed by atoms with Gasteiger partial charge in [-0.1, -0.05) is 17.2 Å². The average molecular weight is 336 g/mol. The fraction of sp³-hybridized carbons (Fsp3) is 0.318. The zero-order valence-corrected chi connectivity index (χ0v) is 15.1. The van der Waals surface area contributed by atoms with Crippen molar-refractivity contribution in [3.05, 3.63) is 65.0 Å². The van der Waals surface area contributed by atoms with E-state index < -0.39 is 0 Å². The van der Waals surface area contributed by atoms with Crippen molar-refractivity contribution in [2.45, 2.75) is 40.0 Å². The highest BCUT2D eigenvalue weighted by atomic mass is 16.5. The molecule has 130 valence electrons. The minimum atomic E-state index is 0.0673. The van der Waals surface area contributed by atoms with Gasteiger partial charge in [0.25, 0.3) is 0 Å². The first-order valence-corrected chi connectivity index (χ1v) is 8.70. The molecule has 0 radical (unpaired) electrons. The first kappa shape index (κ1) is 17.3. The van der Waals surface area contributed by atoms with Crippen molar-refractivity contribution in [2.75, 3.05) is 6.61 Å². The van der Waals surface area contributed by atoms with Crippen LogP contribution in [0.5, 0.6) is 0 Å². The van der Waals surface area contributed by atoms with Crippen LogP contribution in [0.15, 0.2) is 58.3 Å². The molecule has 2 aromatic rings. The summed E-state index contributed by atoms with van der Waals surface area (Å²) >= 11 is 0. The Labute approximate surface area is 148 Å². The van der Waals surface area contributed by atoms with Crippen molar-refractivity contribution >= 4 is 22.5 Å². The molecular formula is C22H24O3. The molecule has 3 heteroatoms. The van der Waals surface area contributed by atoms with Crippen LogP contribution in [0, 0.1) is 0 Å². The molecule has 1 aliphatic carbocycles. The van der Waals surface area contributed by atoms with Crippen molar-refractivity contribution in [2.24, 2.45) is 0 Å². The predicted molar refractivity (Wildman–Crippen MR) is 101 cm³/mol. The molecule has 0 fully saturated rings. The largest absolute Gasteiger partial charge is 0.489 e. The predicted octanol–water partition coefficient (Wildman–Crippen LogP) is 5.61. The summed E-state index contributed by atoms with van der Waals surface area (Å²) in [4.78, 5) is 12.0. The lowest BCUT2D eigenvalue weighted by molar-refractivity contribution is -0.114. The summed E-state index contributed by atoms with van der Waals surface area (Å²) in [7, 11) is 0. The third-order valence-electron chi connectivity index (χ3n) is 4.36. The van der Waals surface area contributed by atoms with Crippen LogP contribution in [0.1, 0.15) is 44.7 Å². The second-order valence-corrected chi connectivity index (χ2v) is 6.80. The average Bonchev–Trinajstić information content (AvgIpc) is 2.99. The van der Waals surface area contributed by atoms with Gasteiger partial charge in [-0.05, 0) is 63.5 Å². The van der Waals surface area contributed by atoms with Gasteiger partial charge in [-0.15, -0.1) is 0 Å². The van der Waals surface area contributed by atoms with E-state index >= 15 is 0 Å². The van der Waals surface area contributed by atoms with Crippen LogP contribution in [0.25, 0.3) is 16.7 Å². The van der Waals surface area contributed by atoms with Gasteiger partial charge < -0.3 is 9.15 Å². The Morgan fingerprint density at radius 1 is 1.24 bits per heavy atom. The van der Waals surface area contributed by atoms with Crippen molar-refractivity contribution in [1.29, 1.82) is 0 Å². The van der Waals surface area contributed by atoms with E-state index in [0.29, 0.717) is 18.8 Å². The van der Waals surface area contributed by atoms with Crippen molar-refractivity contribution in [1.82, 2.24) is 0 Å². The standard InChI is InChI=1S/C22H24O3/c1-15(2)5-4-6-16(3)7-9-25-22-14-19(23)11-18-13-21-17(8-10-24-21)12-20(18)22/h5,7-8,10,12-14H,4,6,9,11H2,1-3H3/b16-7+. The molecule has 1 heterocycles. The number of hydrogen-bond acceptors (Lipinski definition) is 3. The number of carbonyl (C=O) groups is 1. The molecule has 0 bridgehead atoms. The number of fused-ring (bicyclic) bond motifs is 2. The van der Waals surface area contributed by atoms with E-state index in [1.54, 1.807) is 12.3 Å². The molecule has 0 saturated carbocycles. The van der Waals surface area contributed by atoms with Crippen molar-refractivity contribution in [3.63, 3.8) is 0 Å². The lowest BCUT2D eigenvalue weighted by atomic mass is 9.94. The maximum Gasteiger partial charge on any atom is 0.163 e. The number of carbonyl (C=O) groups excluding carboxylic acids is 1. The van der Waals surface area contributed by atoms with Crippen molar-refractivity contribution < 1.29 is 13.9 Å². The monoisotopic (exact) mass is 336 g/mol. The number of ether oxygens (including phenoxy) is 1.